The van der Waals surface area contributed by atoms with E-state index in [0.717, 1.165) is 72.7 Å². The summed E-state index contributed by atoms with van der Waals surface area (Å²) in [4.78, 5) is 41.3. The van der Waals surface area contributed by atoms with Crippen LogP contribution in [0.1, 0.15) is 40.7 Å². The molecule has 184 valence electrons. The predicted molar refractivity (Wildman–Crippen MR) is 135 cm³/mol. The van der Waals surface area contributed by atoms with Crippen molar-refractivity contribution >= 4 is 22.6 Å². The minimum atomic E-state index is -0.181. The summed E-state index contributed by atoms with van der Waals surface area (Å²) in [7, 11) is 1.61. The number of aryl methyl sites for hydroxylation is 2. The number of piperazine rings is 1. The number of H-pyrrole nitrogens is 1. The molecule has 2 aliphatic heterocycles. The van der Waals surface area contributed by atoms with Gasteiger partial charge in [0.1, 0.15) is 5.69 Å². The zero-order valence-electron chi connectivity index (χ0n) is 20.6. The summed E-state index contributed by atoms with van der Waals surface area (Å²) in [6.45, 7) is 8.64. The monoisotopic (exact) mass is 476 g/mol. The summed E-state index contributed by atoms with van der Waals surface area (Å²) < 4.78 is 5.90. The van der Waals surface area contributed by atoms with Crippen LogP contribution in [0.5, 0.6) is 0 Å². The fraction of sp³-hybridized carbons (Fsp3) is 0.462. The number of rotatable bonds is 5. The summed E-state index contributed by atoms with van der Waals surface area (Å²) in [5, 5.41) is 2.64. The maximum absolute atomic E-state index is 12.3. The number of aromatic amines is 1. The van der Waals surface area contributed by atoms with Crippen molar-refractivity contribution < 1.29 is 9.53 Å². The molecule has 5 heterocycles. The number of pyridine rings is 3. The van der Waals surface area contributed by atoms with Crippen LogP contribution in [-0.4, -0.2) is 71.2 Å². The first-order valence-electron chi connectivity index (χ1n) is 12.2. The third-order valence-electron chi connectivity index (χ3n) is 7.23. The highest BCUT2D eigenvalue weighted by Crippen LogP contribution is 2.36. The Labute approximate surface area is 204 Å². The van der Waals surface area contributed by atoms with Crippen LogP contribution in [0.15, 0.2) is 35.3 Å². The SMILES string of the molecule is CCc1cc2ncc(CN3CCN(c4ccc(C(=O)NC)nc4C)C4(CCOC4)C3)cc2[nH]c1=O. The Balaban J connectivity index is 1.38. The number of aromatic nitrogens is 3. The van der Waals surface area contributed by atoms with E-state index in [1.54, 1.807) is 13.1 Å². The van der Waals surface area contributed by atoms with Crippen LogP contribution in [0.4, 0.5) is 5.69 Å². The molecule has 0 aromatic carbocycles. The molecular formula is C26H32N6O3. The standard InChI is InChI=1S/C26H32N6O3/c1-4-19-12-21-22(30-24(19)33)11-18(13-28-21)14-31-8-9-32(26(15-31)7-10-35-16-26)23-6-5-20(25(34)27-3)29-17(23)2/h5-6,11-13H,4,7-10,14-16H2,1-3H3,(H,27,34)(H,30,33). The maximum Gasteiger partial charge on any atom is 0.269 e. The highest BCUT2D eigenvalue weighted by Gasteiger charge is 2.45. The predicted octanol–water partition coefficient (Wildman–Crippen LogP) is 2.03. The fourth-order valence-electron chi connectivity index (χ4n) is 5.37. The molecule has 1 unspecified atom stereocenters. The molecular weight excluding hydrogens is 444 g/mol. The van der Waals surface area contributed by atoms with E-state index in [2.05, 4.69) is 30.1 Å². The average molecular weight is 477 g/mol. The van der Waals surface area contributed by atoms with Crippen LogP contribution in [0.2, 0.25) is 0 Å². The van der Waals surface area contributed by atoms with Gasteiger partial charge in [0.15, 0.2) is 0 Å². The topological polar surface area (TPSA) is 103 Å². The molecule has 2 saturated heterocycles. The Morgan fingerprint density at radius 2 is 2.14 bits per heavy atom. The molecule has 2 aliphatic rings. The van der Waals surface area contributed by atoms with Crippen molar-refractivity contribution in [2.45, 2.75) is 38.8 Å². The first-order valence-corrected chi connectivity index (χ1v) is 12.2. The zero-order valence-corrected chi connectivity index (χ0v) is 20.6. The van der Waals surface area contributed by atoms with Gasteiger partial charge in [0.05, 0.1) is 34.6 Å². The second kappa shape index (κ2) is 9.39. The average Bonchev–Trinajstić information content (AvgIpc) is 3.31. The molecule has 0 radical (unpaired) electrons. The van der Waals surface area contributed by atoms with Crippen LogP contribution in [-0.2, 0) is 17.7 Å². The van der Waals surface area contributed by atoms with Crippen LogP contribution in [0.3, 0.4) is 0 Å². The third-order valence-corrected chi connectivity index (χ3v) is 7.23. The lowest BCUT2D eigenvalue weighted by molar-refractivity contribution is 0.0958. The second-order valence-corrected chi connectivity index (χ2v) is 9.52. The smallest absolute Gasteiger partial charge is 0.269 e. The first kappa shape index (κ1) is 23.4. The Bertz CT molecular complexity index is 1310. The quantitative estimate of drug-likeness (QED) is 0.581. The molecule has 1 atom stereocenters. The summed E-state index contributed by atoms with van der Waals surface area (Å²) >= 11 is 0. The van der Waals surface area contributed by atoms with Gasteiger partial charge >= 0.3 is 0 Å². The van der Waals surface area contributed by atoms with Crippen molar-refractivity contribution in [3.63, 3.8) is 0 Å². The molecule has 5 rings (SSSR count). The number of nitrogens with zero attached hydrogens (tertiary/aromatic N) is 4. The number of ether oxygens (including phenoxy) is 1. The molecule has 9 heteroatoms. The fourth-order valence-corrected chi connectivity index (χ4v) is 5.37. The molecule has 0 bridgehead atoms. The number of fused-ring (bicyclic) bond motifs is 1. The molecule has 35 heavy (non-hydrogen) atoms. The molecule has 0 aliphatic carbocycles. The van der Waals surface area contributed by atoms with Crippen LogP contribution >= 0.6 is 0 Å². The van der Waals surface area contributed by atoms with Crippen molar-refractivity contribution in [2.24, 2.45) is 0 Å². The van der Waals surface area contributed by atoms with E-state index < -0.39 is 0 Å². The lowest BCUT2D eigenvalue weighted by Crippen LogP contribution is -2.63. The van der Waals surface area contributed by atoms with Gasteiger partial charge in [-0.3, -0.25) is 19.5 Å². The van der Waals surface area contributed by atoms with E-state index in [1.807, 2.05) is 38.2 Å². The number of anilines is 1. The van der Waals surface area contributed by atoms with Crippen molar-refractivity contribution in [3.05, 3.63) is 63.3 Å². The zero-order chi connectivity index (χ0) is 24.6. The van der Waals surface area contributed by atoms with Crippen molar-refractivity contribution in [3.8, 4) is 0 Å². The highest BCUT2D eigenvalue weighted by atomic mass is 16.5. The molecule has 0 saturated carbocycles. The number of carbonyl (C=O) groups excluding carboxylic acids is 1. The number of hydrogen-bond donors (Lipinski definition) is 2. The lowest BCUT2D eigenvalue weighted by Gasteiger charge is -2.50. The van der Waals surface area contributed by atoms with Gasteiger partial charge in [0, 0.05) is 51.6 Å². The number of carbonyl (C=O) groups is 1. The number of nitrogens with one attached hydrogen (secondary N) is 2. The molecule has 2 N–H and O–H groups in total. The molecule has 3 aromatic rings. The van der Waals surface area contributed by atoms with Gasteiger partial charge < -0.3 is 19.9 Å². The van der Waals surface area contributed by atoms with E-state index in [-0.39, 0.29) is 17.0 Å². The maximum atomic E-state index is 12.3. The summed E-state index contributed by atoms with van der Waals surface area (Å²) in [5.74, 6) is -0.181. The van der Waals surface area contributed by atoms with E-state index in [4.69, 9.17) is 4.74 Å². The first-order chi connectivity index (χ1) is 16.9. The van der Waals surface area contributed by atoms with Gasteiger partial charge in [-0.05, 0) is 49.6 Å². The van der Waals surface area contributed by atoms with Gasteiger partial charge in [-0.1, -0.05) is 6.92 Å². The molecule has 1 amide bonds. The minimum Gasteiger partial charge on any atom is -0.379 e. The van der Waals surface area contributed by atoms with Crippen LogP contribution in [0, 0.1) is 6.92 Å². The molecule has 2 fully saturated rings. The van der Waals surface area contributed by atoms with E-state index in [9.17, 15) is 9.59 Å². The van der Waals surface area contributed by atoms with Gasteiger partial charge in [-0.25, -0.2) is 4.98 Å². The second-order valence-electron chi connectivity index (χ2n) is 9.52. The third kappa shape index (κ3) is 4.41. The van der Waals surface area contributed by atoms with Gasteiger partial charge in [-0.15, -0.1) is 0 Å². The largest absolute Gasteiger partial charge is 0.379 e. The minimum absolute atomic E-state index is 0.0407. The molecule has 3 aromatic heterocycles. The molecule has 9 nitrogen and oxygen atoms in total. The van der Waals surface area contributed by atoms with Crippen LogP contribution < -0.4 is 15.8 Å². The molecule has 1 spiro atoms. The number of amides is 1. The highest BCUT2D eigenvalue weighted by molar-refractivity contribution is 5.92. The Kier molecular flexibility index (Phi) is 6.29. The number of hydrogen-bond acceptors (Lipinski definition) is 7. The van der Waals surface area contributed by atoms with Crippen molar-refractivity contribution in [1.29, 1.82) is 0 Å². The summed E-state index contributed by atoms with van der Waals surface area (Å²) in [6, 6.07) is 7.73. The van der Waals surface area contributed by atoms with Crippen LogP contribution in [0.25, 0.3) is 11.0 Å². The summed E-state index contributed by atoms with van der Waals surface area (Å²) in [5.41, 5.74) is 5.57. The van der Waals surface area contributed by atoms with Gasteiger partial charge in [-0.2, -0.15) is 0 Å². The van der Waals surface area contributed by atoms with Crippen molar-refractivity contribution in [2.75, 3.05) is 44.8 Å². The summed E-state index contributed by atoms with van der Waals surface area (Å²) in [6.07, 6.45) is 3.53. The van der Waals surface area contributed by atoms with E-state index >= 15 is 0 Å². The Morgan fingerprint density at radius 3 is 2.86 bits per heavy atom. The normalized spacial score (nSPS) is 20.6. The van der Waals surface area contributed by atoms with Crippen molar-refractivity contribution in [1.82, 2.24) is 25.2 Å². The Morgan fingerprint density at radius 1 is 1.29 bits per heavy atom. The van der Waals surface area contributed by atoms with E-state index in [1.165, 1.54) is 0 Å². The van der Waals surface area contributed by atoms with Gasteiger partial charge in [0.25, 0.3) is 11.5 Å². The Hall–Kier alpha value is -3.30. The van der Waals surface area contributed by atoms with E-state index in [0.29, 0.717) is 18.7 Å². The lowest BCUT2D eigenvalue weighted by atomic mass is 9.91. The van der Waals surface area contributed by atoms with Gasteiger partial charge in [0.2, 0.25) is 0 Å².